The van der Waals surface area contributed by atoms with Crippen LogP contribution >= 0.6 is 15.9 Å². The number of carbonyl (C=O) groups excluding carboxylic acids is 3. The molecule has 5 rings (SSSR count). The van der Waals surface area contributed by atoms with E-state index in [1.54, 1.807) is 48.4 Å². The molecule has 6 nitrogen and oxygen atoms in total. The molecule has 0 bridgehead atoms. The van der Waals surface area contributed by atoms with Gasteiger partial charge in [0.2, 0.25) is 0 Å². The highest BCUT2D eigenvalue weighted by molar-refractivity contribution is 9.10. The summed E-state index contributed by atoms with van der Waals surface area (Å²) in [4.78, 5) is 43.2. The molecule has 180 valence electrons. The van der Waals surface area contributed by atoms with Crippen LogP contribution in [0.3, 0.4) is 0 Å². The molecule has 0 saturated heterocycles. The number of ether oxygens (including phenoxy) is 1. The molecule has 1 heterocycles. The number of hydrogen-bond acceptors (Lipinski definition) is 4. The van der Waals surface area contributed by atoms with E-state index in [-0.39, 0.29) is 30.8 Å². The van der Waals surface area contributed by atoms with Gasteiger partial charge in [0, 0.05) is 45.3 Å². The first-order valence-electron chi connectivity index (χ1n) is 11.5. The molecule has 0 aliphatic carbocycles. The van der Waals surface area contributed by atoms with E-state index in [0.29, 0.717) is 33.5 Å². The van der Waals surface area contributed by atoms with Gasteiger partial charge >= 0.3 is 0 Å². The summed E-state index contributed by atoms with van der Waals surface area (Å²) >= 11 is 3.51. The zero-order valence-electron chi connectivity index (χ0n) is 19.8. The van der Waals surface area contributed by atoms with Crippen molar-refractivity contribution in [3.8, 4) is 5.75 Å². The highest BCUT2D eigenvalue weighted by Crippen LogP contribution is 2.34. The van der Waals surface area contributed by atoms with Crippen molar-refractivity contribution in [1.82, 2.24) is 4.90 Å². The van der Waals surface area contributed by atoms with Crippen molar-refractivity contribution in [2.24, 2.45) is 0 Å². The molecule has 0 unspecified atom stereocenters. The molecule has 0 N–H and O–H groups in total. The van der Waals surface area contributed by atoms with Crippen LogP contribution in [0.5, 0.6) is 5.75 Å². The first-order chi connectivity index (χ1) is 17.4. The van der Waals surface area contributed by atoms with Gasteiger partial charge < -0.3 is 9.64 Å². The monoisotopic (exact) mass is 542 g/mol. The lowest BCUT2D eigenvalue weighted by Crippen LogP contribution is -2.46. The fourth-order valence-electron chi connectivity index (χ4n) is 4.50. The molecule has 4 aromatic rings. The molecule has 4 aromatic carbocycles. The van der Waals surface area contributed by atoms with Crippen LogP contribution in [0.1, 0.15) is 36.6 Å². The summed E-state index contributed by atoms with van der Waals surface area (Å²) in [5.41, 5.74) is 3.14. The zero-order chi connectivity index (χ0) is 25.4. The van der Waals surface area contributed by atoms with Gasteiger partial charge in [-0.05, 0) is 60.8 Å². The van der Waals surface area contributed by atoms with Gasteiger partial charge in [-0.1, -0.05) is 51.8 Å². The van der Waals surface area contributed by atoms with E-state index in [4.69, 9.17) is 4.74 Å². The highest BCUT2D eigenvalue weighted by Gasteiger charge is 2.33. The highest BCUT2D eigenvalue weighted by atomic mass is 79.9. The number of carbonyl (C=O) groups is 3. The fraction of sp³-hybridized carbons (Fsp3) is 0.138. The number of amides is 3. The second-order valence-electron chi connectivity index (χ2n) is 8.61. The molecule has 3 amide bonds. The lowest BCUT2D eigenvalue weighted by molar-refractivity contribution is 0.0611. The summed E-state index contributed by atoms with van der Waals surface area (Å²) in [6.45, 7) is 2.16. The number of aryl methyl sites for hydroxylation is 1. The van der Waals surface area contributed by atoms with Gasteiger partial charge in [0.05, 0.1) is 7.11 Å². The normalized spacial score (nSPS) is 12.7. The molecule has 0 fully saturated rings. The molecule has 0 radical (unpaired) electrons. The Kier molecular flexibility index (Phi) is 6.33. The Hall–Kier alpha value is -3.97. The van der Waals surface area contributed by atoms with Crippen molar-refractivity contribution in [1.29, 1.82) is 0 Å². The average molecular weight is 543 g/mol. The van der Waals surface area contributed by atoms with E-state index in [1.165, 1.54) is 4.90 Å². The second kappa shape index (κ2) is 9.59. The minimum absolute atomic E-state index is 0.0488. The minimum Gasteiger partial charge on any atom is -0.497 e. The number of benzene rings is 4. The third-order valence-electron chi connectivity index (χ3n) is 6.39. The van der Waals surface area contributed by atoms with Crippen LogP contribution in [-0.4, -0.2) is 42.8 Å². The first-order valence-corrected chi connectivity index (χ1v) is 12.3. The van der Waals surface area contributed by atoms with E-state index in [9.17, 15) is 14.4 Å². The second-order valence-corrected chi connectivity index (χ2v) is 9.46. The molecule has 7 heteroatoms. The SMILES string of the molecule is COc1cccc(C(=O)N(CCN2C(=O)c3cccc4c(Br)ccc(c34)C2=O)c2ccc(C)cc2)c1. The number of hydrogen-bond donors (Lipinski definition) is 0. The minimum atomic E-state index is -0.367. The van der Waals surface area contributed by atoms with Gasteiger partial charge in [0.15, 0.2) is 0 Å². The lowest BCUT2D eigenvalue weighted by atomic mass is 9.94. The molecular formula is C29H23BrN2O4. The van der Waals surface area contributed by atoms with Crippen molar-refractivity contribution in [3.05, 3.63) is 106 Å². The van der Waals surface area contributed by atoms with Crippen molar-refractivity contribution >= 4 is 50.1 Å². The van der Waals surface area contributed by atoms with Crippen LogP contribution in [0.4, 0.5) is 5.69 Å². The smallest absolute Gasteiger partial charge is 0.261 e. The van der Waals surface area contributed by atoms with Gasteiger partial charge in [-0.25, -0.2) is 0 Å². The largest absolute Gasteiger partial charge is 0.497 e. The van der Waals surface area contributed by atoms with Crippen LogP contribution < -0.4 is 9.64 Å². The summed E-state index contributed by atoms with van der Waals surface area (Å²) in [5, 5.41) is 1.47. The maximum absolute atomic E-state index is 13.6. The quantitative estimate of drug-likeness (QED) is 0.286. The lowest BCUT2D eigenvalue weighted by Gasteiger charge is -2.30. The Morgan fingerprint density at radius 3 is 2.33 bits per heavy atom. The Labute approximate surface area is 217 Å². The number of methoxy groups -OCH3 is 1. The van der Waals surface area contributed by atoms with Gasteiger partial charge in [-0.2, -0.15) is 0 Å². The Bertz CT molecular complexity index is 1490. The molecular weight excluding hydrogens is 520 g/mol. The number of halogens is 1. The first kappa shape index (κ1) is 23.8. The molecule has 0 atom stereocenters. The summed E-state index contributed by atoms with van der Waals surface area (Å²) in [5.74, 6) is -0.411. The maximum Gasteiger partial charge on any atom is 0.261 e. The van der Waals surface area contributed by atoms with Gasteiger partial charge in [0.25, 0.3) is 17.7 Å². The number of nitrogens with zero attached hydrogens (tertiary/aromatic N) is 2. The van der Waals surface area contributed by atoms with Crippen LogP contribution in [0, 0.1) is 6.92 Å². The topological polar surface area (TPSA) is 66.9 Å². The molecule has 1 aliphatic rings. The summed E-state index contributed by atoms with van der Waals surface area (Å²) in [6.07, 6.45) is 0. The summed E-state index contributed by atoms with van der Waals surface area (Å²) in [6, 6.07) is 23.5. The Morgan fingerprint density at radius 1 is 0.917 bits per heavy atom. The third kappa shape index (κ3) is 4.16. The van der Waals surface area contributed by atoms with E-state index in [2.05, 4.69) is 15.9 Å². The van der Waals surface area contributed by atoms with Gasteiger partial charge in [-0.15, -0.1) is 0 Å². The molecule has 0 saturated carbocycles. The van der Waals surface area contributed by atoms with E-state index >= 15 is 0 Å². The van der Waals surface area contributed by atoms with E-state index in [0.717, 1.165) is 15.4 Å². The standard InChI is InChI=1S/C29H23BrN2O4/c1-18-9-11-20(12-10-18)31(27(33)19-5-3-6-21(17-19)36-2)15-16-32-28(34)23-8-4-7-22-25(30)14-13-24(26(22)23)29(32)35/h3-14,17H,15-16H2,1-2H3. The predicted molar refractivity (Wildman–Crippen MR) is 143 cm³/mol. The van der Waals surface area contributed by atoms with Crippen LogP contribution in [0.2, 0.25) is 0 Å². The molecule has 36 heavy (non-hydrogen) atoms. The Balaban J connectivity index is 1.48. The zero-order valence-corrected chi connectivity index (χ0v) is 21.4. The summed E-state index contributed by atoms with van der Waals surface area (Å²) < 4.78 is 6.11. The average Bonchev–Trinajstić information content (AvgIpc) is 2.90. The Morgan fingerprint density at radius 2 is 1.61 bits per heavy atom. The van der Waals surface area contributed by atoms with E-state index in [1.807, 2.05) is 49.4 Å². The van der Waals surface area contributed by atoms with Crippen LogP contribution in [0.15, 0.2) is 83.3 Å². The van der Waals surface area contributed by atoms with Crippen LogP contribution in [-0.2, 0) is 0 Å². The molecule has 1 aliphatic heterocycles. The van der Waals surface area contributed by atoms with Crippen LogP contribution in [0.25, 0.3) is 10.8 Å². The number of anilines is 1. The number of imide groups is 1. The van der Waals surface area contributed by atoms with Crippen molar-refractivity contribution < 1.29 is 19.1 Å². The van der Waals surface area contributed by atoms with E-state index < -0.39 is 0 Å². The molecule has 0 aromatic heterocycles. The van der Waals surface area contributed by atoms with Crippen molar-refractivity contribution in [2.45, 2.75) is 6.92 Å². The predicted octanol–water partition coefficient (Wildman–Crippen LogP) is 5.86. The maximum atomic E-state index is 13.6. The van der Waals surface area contributed by atoms with Crippen molar-refractivity contribution in [2.75, 3.05) is 25.1 Å². The third-order valence-corrected chi connectivity index (χ3v) is 7.08. The van der Waals surface area contributed by atoms with Crippen molar-refractivity contribution in [3.63, 3.8) is 0 Å². The van der Waals surface area contributed by atoms with Gasteiger partial charge in [-0.3, -0.25) is 19.3 Å². The number of rotatable bonds is 6. The van der Waals surface area contributed by atoms with Gasteiger partial charge in [0.1, 0.15) is 5.75 Å². The molecule has 0 spiro atoms. The summed E-state index contributed by atoms with van der Waals surface area (Å²) in [7, 11) is 1.55. The fourth-order valence-corrected chi connectivity index (χ4v) is 4.96.